The Kier molecular flexibility index (Phi) is 6.91. The third-order valence-electron chi connectivity index (χ3n) is 4.83. The van der Waals surface area contributed by atoms with E-state index in [1.165, 1.54) is 24.3 Å². The Morgan fingerprint density at radius 3 is 2.06 bits per heavy atom. The van der Waals surface area contributed by atoms with Crippen molar-refractivity contribution in [3.8, 4) is 0 Å². The number of thiocarbonyl (C=S) groups is 1. The number of nitrogens with zero attached hydrogens (tertiary/aromatic N) is 2. The molecular weight excluding hydrogens is 446 g/mol. The third-order valence-corrected chi connectivity index (χ3v) is 5.37. The first kappa shape index (κ1) is 23.4. The molecule has 3 rings (SSSR count). The van der Waals surface area contributed by atoms with Gasteiger partial charge in [0, 0.05) is 35.0 Å². The van der Waals surface area contributed by atoms with Crippen LogP contribution in [0.3, 0.4) is 0 Å². The van der Waals surface area contributed by atoms with Crippen molar-refractivity contribution in [3.05, 3.63) is 99.3 Å². The molecule has 1 aromatic heterocycles. The molecule has 1 heterocycles. The van der Waals surface area contributed by atoms with Gasteiger partial charge in [0.15, 0.2) is 17.4 Å². The number of aromatic nitrogens is 1. The SMILES string of the molecule is CC(C)(C)c1cc[n+](C(C(=S)Nc2ccc(Cl)cc2)=C([O-])c2ccc([N+](=O)[O-])cc2)cc1. The maximum absolute atomic E-state index is 13.4. The van der Waals surface area contributed by atoms with Crippen LogP contribution in [0.15, 0.2) is 73.1 Å². The van der Waals surface area contributed by atoms with Crippen molar-refractivity contribution in [1.82, 2.24) is 0 Å². The molecule has 1 N–H and O–H groups in total. The second kappa shape index (κ2) is 9.46. The average Bonchev–Trinajstić information content (AvgIpc) is 2.75. The van der Waals surface area contributed by atoms with Crippen LogP contribution in [-0.4, -0.2) is 9.91 Å². The van der Waals surface area contributed by atoms with Crippen LogP contribution < -0.4 is 15.0 Å². The molecule has 0 bridgehead atoms. The van der Waals surface area contributed by atoms with Gasteiger partial charge in [-0.15, -0.1) is 0 Å². The van der Waals surface area contributed by atoms with E-state index in [1.807, 2.05) is 12.1 Å². The Morgan fingerprint density at radius 2 is 1.56 bits per heavy atom. The van der Waals surface area contributed by atoms with E-state index >= 15 is 0 Å². The Labute approximate surface area is 196 Å². The molecule has 0 saturated carbocycles. The van der Waals surface area contributed by atoms with Gasteiger partial charge in [0.25, 0.3) is 5.69 Å². The van der Waals surface area contributed by atoms with Gasteiger partial charge < -0.3 is 10.4 Å². The fourth-order valence-corrected chi connectivity index (χ4v) is 3.45. The fraction of sp³-hybridized carbons (Fsp3) is 0.167. The van der Waals surface area contributed by atoms with Gasteiger partial charge in [-0.3, -0.25) is 10.1 Å². The van der Waals surface area contributed by atoms with Crippen molar-refractivity contribution < 1.29 is 14.6 Å². The second-order valence-corrected chi connectivity index (χ2v) is 9.03. The summed E-state index contributed by atoms with van der Waals surface area (Å²) in [4.78, 5) is 10.7. The zero-order chi connectivity index (χ0) is 23.5. The molecule has 8 heteroatoms. The fourth-order valence-electron chi connectivity index (χ4n) is 3.01. The number of benzene rings is 2. The highest BCUT2D eigenvalue weighted by Crippen LogP contribution is 2.23. The van der Waals surface area contributed by atoms with E-state index in [4.69, 9.17) is 23.8 Å². The molecule has 0 aliphatic heterocycles. The third kappa shape index (κ3) is 5.49. The first-order valence-electron chi connectivity index (χ1n) is 9.81. The summed E-state index contributed by atoms with van der Waals surface area (Å²) in [6, 6.07) is 16.3. The summed E-state index contributed by atoms with van der Waals surface area (Å²) in [5, 5.41) is 28.0. The van der Waals surface area contributed by atoms with E-state index in [9.17, 15) is 15.2 Å². The van der Waals surface area contributed by atoms with Crippen molar-refractivity contribution in [2.45, 2.75) is 26.2 Å². The minimum absolute atomic E-state index is 0.0519. The summed E-state index contributed by atoms with van der Waals surface area (Å²) >= 11 is 11.5. The monoisotopic (exact) mass is 467 g/mol. The molecule has 0 atom stereocenters. The Balaban J connectivity index is 2.07. The van der Waals surface area contributed by atoms with Crippen LogP contribution in [0, 0.1) is 10.1 Å². The van der Waals surface area contributed by atoms with Crippen molar-refractivity contribution in [2.75, 3.05) is 5.32 Å². The van der Waals surface area contributed by atoms with Crippen LogP contribution in [0.25, 0.3) is 11.5 Å². The first-order valence-corrected chi connectivity index (χ1v) is 10.6. The Bertz CT molecular complexity index is 1170. The molecule has 0 amide bonds. The van der Waals surface area contributed by atoms with Gasteiger partial charge in [0.1, 0.15) is 0 Å². The largest absolute Gasteiger partial charge is 0.867 e. The van der Waals surface area contributed by atoms with E-state index in [-0.39, 0.29) is 27.5 Å². The highest BCUT2D eigenvalue weighted by atomic mass is 35.5. The van der Waals surface area contributed by atoms with Crippen LogP contribution in [-0.2, 0) is 5.41 Å². The lowest BCUT2D eigenvalue weighted by Gasteiger charge is -2.19. The molecule has 0 fully saturated rings. The van der Waals surface area contributed by atoms with Crippen LogP contribution in [0.5, 0.6) is 0 Å². The van der Waals surface area contributed by atoms with Gasteiger partial charge in [0.05, 0.1) is 4.92 Å². The van der Waals surface area contributed by atoms with Crippen LogP contribution in [0.4, 0.5) is 11.4 Å². The van der Waals surface area contributed by atoms with E-state index in [0.29, 0.717) is 16.3 Å². The van der Waals surface area contributed by atoms with Crippen molar-refractivity contribution in [2.24, 2.45) is 0 Å². The lowest BCUT2D eigenvalue weighted by Crippen LogP contribution is -2.40. The van der Waals surface area contributed by atoms with Crippen LogP contribution >= 0.6 is 23.8 Å². The standard InChI is InChI=1S/C24H22ClN3O3S/c1-24(2,3)17-12-14-27(15-13-17)21(23(32)26-19-8-6-18(25)7-9-19)22(29)16-4-10-20(11-5-16)28(30)31/h4-15H,1-3H3,(H-,26,29,32). The second-order valence-electron chi connectivity index (χ2n) is 8.19. The van der Waals surface area contributed by atoms with Gasteiger partial charge in [-0.2, -0.15) is 4.57 Å². The number of hydrogen-bond donors (Lipinski definition) is 1. The molecular formula is C24H22ClN3O3S. The predicted molar refractivity (Wildman–Crippen MR) is 129 cm³/mol. The van der Waals surface area contributed by atoms with Gasteiger partial charge in [-0.1, -0.05) is 44.6 Å². The molecule has 164 valence electrons. The molecule has 0 radical (unpaired) electrons. The van der Waals surface area contributed by atoms with E-state index < -0.39 is 4.92 Å². The first-order chi connectivity index (χ1) is 15.1. The zero-order valence-corrected chi connectivity index (χ0v) is 19.4. The van der Waals surface area contributed by atoms with Gasteiger partial charge in [0.2, 0.25) is 5.70 Å². The maximum atomic E-state index is 13.4. The topological polar surface area (TPSA) is 82.1 Å². The highest BCUT2D eigenvalue weighted by molar-refractivity contribution is 7.81. The molecule has 3 aromatic rings. The number of halogens is 1. The van der Waals surface area contributed by atoms with Gasteiger partial charge in [-0.25, -0.2) is 0 Å². The maximum Gasteiger partial charge on any atom is 0.269 e. The molecule has 0 spiro atoms. The van der Waals surface area contributed by atoms with E-state index in [1.54, 1.807) is 41.2 Å². The van der Waals surface area contributed by atoms with E-state index in [0.717, 1.165) is 5.56 Å². The number of nitro benzene ring substituents is 1. The quantitative estimate of drug-likeness (QED) is 0.143. The van der Waals surface area contributed by atoms with Crippen molar-refractivity contribution in [3.63, 3.8) is 0 Å². The van der Waals surface area contributed by atoms with Gasteiger partial charge >= 0.3 is 0 Å². The molecule has 0 aliphatic carbocycles. The van der Waals surface area contributed by atoms with Crippen LogP contribution in [0.2, 0.25) is 5.02 Å². The summed E-state index contributed by atoms with van der Waals surface area (Å²) in [6.07, 6.45) is 3.57. The number of nitro groups is 1. The number of rotatable bonds is 5. The highest BCUT2D eigenvalue weighted by Gasteiger charge is 2.21. The lowest BCUT2D eigenvalue weighted by atomic mass is 9.88. The van der Waals surface area contributed by atoms with Crippen molar-refractivity contribution in [1.29, 1.82) is 0 Å². The summed E-state index contributed by atoms with van der Waals surface area (Å²) in [6.45, 7) is 6.31. The molecule has 2 aromatic carbocycles. The lowest BCUT2D eigenvalue weighted by molar-refractivity contribution is -0.577. The van der Waals surface area contributed by atoms with Crippen LogP contribution in [0.1, 0.15) is 31.9 Å². The minimum Gasteiger partial charge on any atom is -0.867 e. The summed E-state index contributed by atoms with van der Waals surface area (Å²) < 4.78 is 1.66. The molecule has 32 heavy (non-hydrogen) atoms. The zero-order valence-electron chi connectivity index (χ0n) is 17.8. The Morgan fingerprint density at radius 1 is 1.00 bits per heavy atom. The van der Waals surface area contributed by atoms with Crippen molar-refractivity contribution >= 4 is 51.6 Å². The van der Waals surface area contributed by atoms with E-state index in [2.05, 4.69) is 26.1 Å². The molecule has 6 nitrogen and oxygen atoms in total. The Hall–Kier alpha value is -3.29. The number of nitrogens with one attached hydrogen (secondary N) is 1. The summed E-state index contributed by atoms with van der Waals surface area (Å²) in [5.41, 5.74) is 2.16. The molecule has 0 aliphatic rings. The van der Waals surface area contributed by atoms with Gasteiger partial charge in [-0.05, 0) is 58.7 Å². The average molecular weight is 468 g/mol. The minimum atomic E-state index is -0.508. The number of anilines is 1. The smallest absolute Gasteiger partial charge is 0.269 e. The summed E-state index contributed by atoms with van der Waals surface area (Å²) in [5.74, 6) is -0.361. The normalized spacial score (nSPS) is 12.1. The summed E-state index contributed by atoms with van der Waals surface area (Å²) in [7, 11) is 0. The number of non-ortho nitro benzene ring substituents is 1. The number of hydrogen-bond acceptors (Lipinski definition) is 4. The number of pyridine rings is 1. The predicted octanol–water partition coefficient (Wildman–Crippen LogP) is 4.96. The molecule has 0 unspecified atom stereocenters. The molecule has 0 saturated heterocycles.